The minimum Gasteiger partial charge on any atom is -0.489 e. The number of nitrogens with zero attached hydrogens (tertiary/aromatic N) is 1. The molecule has 7 heteroatoms. The van der Waals surface area contributed by atoms with Crippen molar-refractivity contribution in [3.05, 3.63) is 53.8 Å². The Morgan fingerprint density at radius 2 is 1.86 bits per heavy atom. The van der Waals surface area contributed by atoms with Crippen molar-refractivity contribution in [3.63, 3.8) is 0 Å². The Balaban J connectivity index is 1.81. The van der Waals surface area contributed by atoms with E-state index in [4.69, 9.17) is 4.74 Å². The van der Waals surface area contributed by atoms with Crippen LogP contribution >= 0.6 is 0 Å². The van der Waals surface area contributed by atoms with E-state index in [1.807, 2.05) is 0 Å². The molecule has 3 rings (SSSR count). The first-order chi connectivity index (χ1) is 13.8. The molecule has 0 bridgehead atoms. The summed E-state index contributed by atoms with van der Waals surface area (Å²) in [7, 11) is -3.42. The number of hydrogen-bond donors (Lipinski definition) is 1. The summed E-state index contributed by atoms with van der Waals surface area (Å²) >= 11 is 0. The van der Waals surface area contributed by atoms with Gasteiger partial charge in [0, 0.05) is 17.2 Å². The lowest BCUT2D eigenvalue weighted by molar-refractivity contribution is 0.124. The number of hydrogen-bond acceptors (Lipinski definition) is 4. The Labute approximate surface area is 171 Å². The average Bonchev–Trinajstić information content (AvgIpc) is 2.69. The van der Waals surface area contributed by atoms with Crippen molar-refractivity contribution in [1.82, 2.24) is 4.72 Å². The molecule has 2 atom stereocenters. The normalized spacial score (nSPS) is 19.7. The van der Waals surface area contributed by atoms with Gasteiger partial charge in [0.1, 0.15) is 17.7 Å². The number of sulfonamides is 1. The van der Waals surface area contributed by atoms with Gasteiger partial charge < -0.3 is 4.74 Å². The zero-order valence-electron chi connectivity index (χ0n) is 16.6. The Morgan fingerprint density at radius 3 is 2.55 bits per heavy atom. The molecular formula is C22H25FN2O3S. The van der Waals surface area contributed by atoms with Crippen molar-refractivity contribution >= 4 is 10.0 Å². The van der Waals surface area contributed by atoms with Gasteiger partial charge in [0.15, 0.2) is 0 Å². The predicted molar refractivity (Wildman–Crippen MR) is 110 cm³/mol. The van der Waals surface area contributed by atoms with E-state index < -0.39 is 21.1 Å². The van der Waals surface area contributed by atoms with Crippen LogP contribution in [0.15, 0.2) is 42.5 Å². The second kappa shape index (κ2) is 8.93. The third kappa shape index (κ3) is 4.95. The molecule has 0 aliphatic heterocycles. The first kappa shape index (κ1) is 21.3. The maximum absolute atomic E-state index is 14.8. The molecule has 0 saturated heterocycles. The van der Waals surface area contributed by atoms with Crippen LogP contribution in [0.3, 0.4) is 0 Å². The van der Waals surface area contributed by atoms with E-state index in [1.165, 1.54) is 6.07 Å². The molecule has 1 saturated carbocycles. The summed E-state index contributed by atoms with van der Waals surface area (Å²) in [6.45, 7) is 3.27. The van der Waals surface area contributed by atoms with Crippen LogP contribution in [0.4, 0.5) is 4.39 Å². The van der Waals surface area contributed by atoms with Crippen LogP contribution in [0, 0.1) is 17.1 Å². The molecule has 0 amide bonds. The molecule has 1 N–H and O–H groups in total. The minimum absolute atomic E-state index is 0.329. The van der Waals surface area contributed by atoms with Crippen molar-refractivity contribution in [1.29, 1.82) is 5.26 Å². The fraction of sp³-hybridized carbons (Fsp3) is 0.409. The van der Waals surface area contributed by atoms with Crippen LogP contribution in [-0.2, 0) is 10.0 Å². The van der Waals surface area contributed by atoms with E-state index in [2.05, 4.69) is 10.8 Å². The smallest absolute Gasteiger partial charge is 0.214 e. The molecule has 0 radical (unpaired) electrons. The summed E-state index contributed by atoms with van der Waals surface area (Å²) in [5, 5.41) is 8.72. The first-order valence-electron chi connectivity index (χ1n) is 9.78. The number of ether oxygens (including phenoxy) is 1. The molecular weight excluding hydrogens is 391 g/mol. The van der Waals surface area contributed by atoms with Crippen LogP contribution in [0.5, 0.6) is 5.75 Å². The summed E-state index contributed by atoms with van der Waals surface area (Å²) in [6, 6.07) is 13.1. The second-order valence-corrected chi connectivity index (χ2v) is 9.83. The van der Waals surface area contributed by atoms with Crippen molar-refractivity contribution < 1.29 is 17.5 Å². The van der Waals surface area contributed by atoms with Gasteiger partial charge in [0.2, 0.25) is 10.0 Å². The zero-order valence-corrected chi connectivity index (χ0v) is 17.4. The number of nitriles is 1. The highest BCUT2D eigenvalue weighted by Gasteiger charge is 2.31. The van der Waals surface area contributed by atoms with Crippen molar-refractivity contribution in [3.8, 4) is 22.9 Å². The van der Waals surface area contributed by atoms with E-state index in [1.54, 1.807) is 50.2 Å². The molecule has 29 heavy (non-hydrogen) atoms. The quantitative estimate of drug-likeness (QED) is 0.758. The molecule has 1 aliphatic rings. The summed E-state index contributed by atoms with van der Waals surface area (Å²) in [6.07, 6.45) is 2.89. The molecule has 2 aromatic rings. The highest BCUT2D eigenvalue weighted by molar-refractivity contribution is 7.90. The van der Waals surface area contributed by atoms with Gasteiger partial charge >= 0.3 is 0 Å². The summed E-state index contributed by atoms with van der Waals surface area (Å²) in [5.74, 6) is -0.137. The van der Waals surface area contributed by atoms with Crippen LogP contribution < -0.4 is 9.46 Å². The van der Waals surface area contributed by atoms with Crippen molar-refractivity contribution in [2.24, 2.45) is 0 Å². The van der Waals surface area contributed by atoms with Crippen LogP contribution in [0.2, 0.25) is 0 Å². The molecule has 1 aliphatic carbocycles. The highest BCUT2D eigenvalue weighted by atomic mass is 32.2. The lowest BCUT2D eigenvalue weighted by atomic mass is 9.93. The number of nitrogens with one attached hydrogen (secondary N) is 1. The molecule has 5 nitrogen and oxygen atoms in total. The van der Waals surface area contributed by atoms with E-state index >= 15 is 0 Å². The largest absolute Gasteiger partial charge is 0.489 e. The second-order valence-electron chi connectivity index (χ2n) is 7.56. The average molecular weight is 417 g/mol. The molecule has 0 heterocycles. The fourth-order valence-electron chi connectivity index (χ4n) is 3.50. The maximum Gasteiger partial charge on any atom is 0.214 e. The van der Waals surface area contributed by atoms with Gasteiger partial charge in [-0.1, -0.05) is 24.6 Å². The monoisotopic (exact) mass is 416 g/mol. The number of halogens is 1. The van der Waals surface area contributed by atoms with Crippen LogP contribution in [0.25, 0.3) is 11.1 Å². The van der Waals surface area contributed by atoms with E-state index in [-0.39, 0.29) is 12.1 Å². The number of rotatable bonds is 6. The lowest BCUT2D eigenvalue weighted by Crippen LogP contribution is -2.49. The SMILES string of the molecule is CC(C)S(=O)(=O)NC1CCCCC1Oc1ccc(-c2ccccc2C#N)c(F)c1. The van der Waals surface area contributed by atoms with Gasteiger partial charge in [-0.3, -0.25) is 0 Å². The van der Waals surface area contributed by atoms with Gasteiger partial charge in [-0.25, -0.2) is 17.5 Å². The topological polar surface area (TPSA) is 79.2 Å². The van der Waals surface area contributed by atoms with E-state index in [0.29, 0.717) is 35.3 Å². The standard InChI is InChI=1S/C22H25FN2O3S/c1-15(2)29(26,27)25-21-9-5-6-10-22(21)28-17-11-12-19(20(23)13-17)18-8-4-3-7-16(18)14-24/h3-4,7-8,11-13,15,21-22,25H,5-6,9-10H2,1-2H3. The zero-order chi connectivity index (χ0) is 21.0. The van der Waals surface area contributed by atoms with Crippen molar-refractivity contribution in [2.45, 2.75) is 56.9 Å². The van der Waals surface area contributed by atoms with Gasteiger partial charge in [-0.05, 0) is 51.3 Å². The van der Waals surface area contributed by atoms with Crippen molar-refractivity contribution in [2.75, 3.05) is 0 Å². The summed E-state index contributed by atoms with van der Waals surface area (Å²) in [5.41, 5.74) is 1.25. The summed E-state index contributed by atoms with van der Waals surface area (Å²) < 4.78 is 48.0. The molecule has 2 aromatic carbocycles. The van der Waals surface area contributed by atoms with Gasteiger partial charge in [0.25, 0.3) is 0 Å². The Morgan fingerprint density at radius 1 is 1.14 bits per heavy atom. The molecule has 1 fully saturated rings. The van der Waals surface area contributed by atoms with E-state index in [9.17, 15) is 18.1 Å². The fourth-order valence-corrected chi connectivity index (χ4v) is 4.46. The van der Waals surface area contributed by atoms with Gasteiger partial charge in [0.05, 0.1) is 22.9 Å². The first-order valence-corrected chi connectivity index (χ1v) is 11.3. The molecule has 2 unspecified atom stereocenters. The Kier molecular flexibility index (Phi) is 6.56. The molecule has 154 valence electrons. The summed E-state index contributed by atoms with van der Waals surface area (Å²) in [4.78, 5) is 0. The highest BCUT2D eigenvalue weighted by Crippen LogP contribution is 2.31. The predicted octanol–water partition coefficient (Wildman–Crippen LogP) is 4.38. The molecule has 0 spiro atoms. The third-order valence-electron chi connectivity index (χ3n) is 5.20. The van der Waals surface area contributed by atoms with Gasteiger partial charge in [-0.2, -0.15) is 5.26 Å². The van der Waals surface area contributed by atoms with Crippen LogP contribution in [0.1, 0.15) is 45.1 Å². The Bertz CT molecular complexity index is 1010. The van der Waals surface area contributed by atoms with Crippen LogP contribution in [-0.4, -0.2) is 25.8 Å². The minimum atomic E-state index is -3.42. The van der Waals surface area contributed by atoms with Gasteiger partial charge in [-0.15, -0.1) is 0 Å². The Hall–Kier alpha value is -2.43. The lowest BCUT2D eigenvalue weighted by Gasteiger charge is -2.32. The molecule has 0 aromatic heterocycles. The third-order valence-corrected chi connectivity index (χ3v) is 7.08. The maximum atomic E-state index is 14.8. The van der Waals surface area contributed by atoms with E-state index in [0.717, 1.165) is 12.8 Å². The number of benzene rings is 2.